The summed E-state index contributed by atoms with van der Waals surface area (Å²) >= 11 is 1.74. The maximum absolute atomic E-state index is 5.76. The number of hydrogen-bond donors (Lipinski definition) is 0. The molecule has 6 aromatic heterocycles. The molecule has 0 bridgehead atoms. The van der Waals surface area contributed by atoms with Gasteiger partial charge in [0.15, 0.2) is 0 Å². The predicted octanol–water partition coefficient (Wildman–Crippen LogP) is 15.5. The molecule has 0 atom stereocenters. The topological polar surface area (TPSA) is 40.0 Å². The number of aromatic nitrogens is 5. The molecule has 0 saturated carbocycles. The van der Waals surface area contributed by atoms with E-state index >= 15 is 0 Å². The summed E-state index contributed by atoms with van der Waals surface area (Å²) in [4.78, 5) is 12.3. The van der Waals surface area contributed by atoms with Gasteiger partial charge >= 0.3 is 0 Å². The lowest BCUT2D eigenvalue weighted by Crippen LogP contribution is -2.02. The van der Waals surface area contributed by atoms with Crippen LogP contribution < -0.4 is 0 Å². The average molecular weight is 832 g/mol. The maximum atomic E-state index is 5.76. The van der Waals surface area contributed by atoms with E-state index in [-0.39, 0.29) is 0 Å². The average Bonchev–Trinajstić information content (AvgIpc) is 4.15. The van der Waals surface area contributed by atoms with Crippen LogP contribution in [0.25, 0.3) is 136 Å². The van der Waals surface area contributed by atoms with Crippen molar-refractivity contribution in [3.05, 3.63) is 200 Å². The number of fused-ring (bicyclic) bond motifs is 16. The molecule has 0 unspecified atom stereocenters. The van der Waals surface area contributed by atoms with E-state index in [9.17, 15) is 0 Å². The van der Waals surface area contributed by atoms with Crippen LogP contribution in [-0.2, 0) is 0 Å². The highest BCUT2D eigenvalue weighted by Gasteiger charge is 2.26. The Kier molecular flexibility index (Phi) is 6.77. The second kappa shape index (κ2) is 12.6. The van der Waals surface area contributed by atoms with Crippen LogP contribution in [0.4, 0.5) is 0 Å². The molecule has 6 heteroatoms. The third-order valence-electron chi connectivity index (χ3n) is 13.6. The Bertz CT molecular complexity index is 4420. The van der Waals surface area contributed by atoms with Crippen LogP contribution >= 0.6 is 11.3 Å². The van der Waals surface area contributed by atoms with E-state index in [1.807, 2.05) is 0 Å². The lowest BCUT2D eigenvalue weighted by atomic mass is 9.99. The summed E-state index contributed by atoms with van der Waals surface area (Å²) in [6, 6.07) is 72.7. The van der Waals surface area contributed by atoms with Crippen molar-refractivity contribution in [1.29, 1.82) is 0 Å². The second-order valence-electron chi connectivity index (χ2n) is 16.9. The second-order valence-corrected chi connectivity index (χ2v) is 17.9. The van der Waals surface area contributed by atoms with Crippen LogP contribution in [0.15, 0.2) is 200 Å². The van der Waals surface area contributed by atoms with Crippen molar-refractivity contribution in [2.24, 2.45) is 0 Å². The van der Waals surface area contributed by atoms with Crippen LogP contribution in [0.5, 0.6) is 0 Å². The van der Waals surface area contributed by atoms with Crippen molar-refractivity contribution >= 4 is 113 Å². The fourth-order valence-electron chi connectivity index (χ4n) is 10.9. The number of benzene rings is 9. The molecule has 0 aliphatic rings. The first-order valence-electron chi connectivity index (χ1n) is 21.7. The van der Waals surface area contributed by atoms with E-state index in [4.69, 9.17) is 9.97 Å². The first-order chi connectivity index (χ1) is 31.8. The Morgan fingerprint density at radius 2 is 0.938 bits per heavy atom. The molecule has 0 aliphatic heterocycles. The zero-order valence-corrected chi connectivity index (χ0v) is 35.0. The zero-order valence-electron chi connectivity index (χ0n) is 34.2. The van der Waals surface area contributed by atoms with E-state index in [0.29, 0.717) is 5.95 Å². The minimum absolute atomic E-state index is 0.662. The van der Waals surface area contributed by atoms with Gasteiger partial charge in [-0.25, -0.2) is 9.97 Å². The first kappa shape index (κ1) is 34.3. The molecule has 6 heterocycles. The first-order valence-corrected chi connectivity index (χ1v) is 22.6. The van der Waals surface area contributed by atoms with Gasteiger partial charge in [-0.05, 0) is 77.9 Å². The molecule has 0 spiro atoms. The van der Waals surface area contributed by atoms with Crippen molar-refractivity contribution in [3.8, 4) is 34.0 Å². The molecule has 15 aromatic rings. The van der Waals surface area contributed by atoms with E-state index in [2.05, 4.69) is 214 Å². The summed E-state index contributed by atoms with van der Waals surface area (Å²) in [6.45, 7) is 0. The zero-order chi connectivity index (χ0) is 41.6. The molecular weight excluding hydrogens is 799 g/mol. The van der Waals surface area contributed by atoms with Gasteiger partial charge in [0, 0.05) is 69.8 Å². The summed E-state index contributed by atoms with van der Waals surface area (Å²) in [6.07, 6.45) is 0. The van der Waals surface area contributed by atoms with E-state index in [0.717, 1.165) is 43.7 Å². The summed E-state index contributed by atoms with van der Waals surface area (Å²) in [5, 5.41) is 12.0. The Morgan fingerprint density at radius 3 is 1.73 bits per heavy atom. The smallest absolute Gasteiger partial charge is 0.236 e. The van der Waals surface area contributed by atoms with Crippen LogP contribution in [0.1, 0.15) is 0 Å². The molecule has 0 aliphatic carbocycles. The van der Waals surface area contributed by atoms with Gasteiger partial charge in [0.25, 0.3) is 0 Å². The lowest BCUT2D eigenvalue weighted by Gasteiger charge is -2.11. The Morgan fingerprint density at radius 1 is 0.344 bits per heavy atom. The third kappa shape index (κ3) is 4.51. The molecule has 5 nitrogen and oxygen atoms in total. The van der Waals surface area contributed by atoms with Crippen LogP contribution in [0, 0.1) is 0 Å². The van der Waals surface area contributed by atoms with Gasteiger partial charge in [-0.2, -0.15) is 0 Å². The third-order valence-corrected chi connectivity index (χ3v) is 14.7. The standard InChI is InChI=1S/C58H33N5S/c1-3-15-34(16-4-1)35-27-29-49-44(31-35)52-50(33-43-39-20-8-12-24-46(39)62-47-25-13-9-21-40(47)53(52)56(43)62)63(49)58-59-55(54-41-22-10-14-26-51(41)64-57(54)60-58)36-28-30-48-42(32-36)38-19-7-11-23-45(38)61(48)37-17-5-2-6-18-37/h1-33H. The molecule has 0 amide bonds. The number of para-hydroxylation sites is 4. The van der Waals surface area contributed by atoms with Gasteiger partial charge in [0.05, 0.1) is 44.3 Å². The van der Waals surface area contributed by atoms with Gasteiger partial charge in [-0.3, -0.25) is 4.57 Å². The molecular formula is C58H33N5S. The lowest BCUT2D eigenvalue weighted by molar-refractivity contribution is 1.02. The molecule has 9 aromatic carbocycles. The van der Waals surface area contributed by atoms with Crippen molar-refractivity contribution in [2.75, 3.05) is 0 Å². The summed E-state index contributed by atoms with van der Waals surface area (Å²) < 4.78 is 8.38. The molecule has 64 heavy (non-hydrogen) atoms. The normalized spacial score (nSPS) is 12.4. The van der Waals surface area contributed by atoms with E-state index in [1.165, 1.54) is 86.4 Å². The molecule has 0 fully saturated rings. The van der Waals surface area contributed by atoms with Crippen molar-refractivity contribution in [3.63, 3.8) is 0 Å². The summed E-state index contributed by atoms with van der Waals surface area (Å²) in [5.74, 6) is 0.662. The van der Waals surface area contributed by atoms with Crippen molar-refractivity contribution in [1.82, 2.24) is 23.5 Å². The minimum atomic E-state index is 0.662. The van der Waals surface area contributed by atoms with Crippen LogP contribution in [0.2, 0.25) is 0 Å². The van der Waals surface area contributed by atoms with Crippen molar-refractivity contribution < 1.29 is 0 Å². The summed E-state index contributed by atoms with van der Waals surface area (Å²) in [7, 11) is 0. The van der Waals surface area contributed by atoms with Gasteiger partial charge < -0.3 is 8.97 Å². The molecule has 0 radical (unpaired) electrons. The molecule has 15 rings (SSSR count). The quantitative estimate of drug-likeness (QED) is 0.177. The Balaban J connectivity index is 1.09. The summed E-state index contributed by atoms with van der Waals surface area (Å²) in [5.41, 5.74) is 13.7. The highest BCUT2D eigenvalue weighted by Crippen LogP contribution is 2.48. The number of thiophene rings is 1. The monoisotopic (exact) mass is 831 g/mol. The highest BCUT2D eigenvalue weighted by atomic mass is 32.1. The maximum Gasteiger partial charge on any atom is 0.236 e. The van der Waals surface area contributed by atoms with Gasteiger partial charge in [-0.15, -0.1) is 11.3 Å². The number of hydrogen-bond acceptors (Lipinski definition) is 3. The predicted molar refractivity (Wildman–Crippen MR) is 269 cm³/mol. The van der Waals surface area contributed by atoms with Gasteiger partial charge in [0.2, 0.25) is 5.95 Å². The highest BCUT2D eigenvalue weighted by molar-refractivity contribution is 7.25. The fourth-order valence-corrected chi connectivity index (χ4v) is 12.0. The van der Waals surface area contributed by atoms with Crippen molar-refractivity contribution in [2.45, 2.75) is 0 Å². The SMILES string of the molecule is c1ccc(-c2ccc3c(c2)c2c4c5ccccc5n5c6ccccc6c(cc2n3-c2nc(-c3ccc6c(c3)c3ccccc3n6-c3ccccc3)c3c(n2)sc2ccccc23)c45)cc1. The minimum Gasteiger partial charge on any atom is -0.309 e. The largest absolute Gasteiger partial charge is 0.309 e. The van der Waals surface area contributed by atoms with Gasteiger partial charge in [0.1, 0.15) is 4.83 Å². The van der Waals surface area contributed by atoms with Gasteiger partial charge in [-0.1, -0.05) is 133 Å². The molecule has 0 N–H and O–H groups in total. The van der Waals surface area contributed by atoms with E-state index in [1.54, 1.807) is 11.3 Å². The Hall–Kier alpha value is -8.32. The molecule has 0 saturated heterocycles. The molecule has 296 valence electrons. The van der Waals surface area contributed by atoms with E-state index < -0.39 is 0 Å². The van der Waals surface area contributed by atoms with Crippen LogP contribution in [0.3, 0.4) is 0 Å². The fraction of sp³-hybridized carbons (Fsp3) is 0. The number of nitrogens with zero attached hydrogens (tertiary/aromatic N) is 5. The van der Waals surface area contributed by atoms with Crippen LogP contribution in [-0.4, -0.2) is 23.5 Å². The number of rotatable bonds is 4. The Labute approximate surface area is 369 Å².